The van der Waals surface area contributed by atoms with E-state index in [-0.39, 0.29) is 17.6 Å². The summed E-state index contributed by atoms with van der Waals surface area (Å²) in [5.74, 6) is 0.232. The molecule has 0 aliphatic heterocycles. The van der Waals surface area contributed by atoms with Gasteiger partial charge >= 0.3 is 0 Å². The van der Waals surface area contributed by atoms with Crippen LogP contribution in [0, 0.1) is 5.92 Å². The zero-order chi connectivity index (χ0) is 18.4. The van der Waals surface area contributed by atoms with Gasteiger partial charge in [-0.25, -0.2) is 4.98 Å². The topological polar surface area (TPSA) is 66.7 Å². The molecule has 0 saturated carbocycles. The Kier molecular flexibility index (Phi) is 6.56. The fraction of sp³-hybridized carbons (Fsp3) is 0.526. The van der Waals surface area contributed by atoms with Gasteiger partial charge in [-0.1, -0.05) is 33.8 Å². The number of nitrogens with one attached hydrogen (secondary N) is 1. The van der Waals surface area contributed by atoms with Gasteiger partial charge in [-0.05, 0) is 30.9 Å². The normalized spacial score (nSPS) is 11.1. The summed E-state index contributed by atoms with van der Waals surface area (Å²) in [4.78, 5) is 31.7. The smallest absolute Gasteiger partial charge is 0.287 e. The van der Waals surface area contributed by atoms with Crippen molar-refractivity contribution < 1.29 is 9.59 Å². The zero-order valence-electron chi connectivity index (χ0n) is 15.6. The number of pyridine rings is 1. The van der Waals surface area contributed by atoms with Crippen LogP contribution in [0.1, 0.15) is 61.6 Å². The van der Waals surface area contributed by atoms with E-state index in [2.05, 4.69) is 10.3 Å². The van der Waals surface area contributed by atoms with Gasteiger partial charge in [0.1, 0.15) is 0 Å². The number of nitrogens with zero attached hydrogens (tertiary/aromatic N) is 3. The Balaban J connectivity index is 2.40. The highest BCUT2D eigenvalue weighted by Crippen LogP contribution is 2.16. The third kappa shape index (κ3) is 4.38. The van der Waals surface area contributed by atoms with Crippen LogP contribution in [0.3, 0.4) is 0 Å². The molecule has 2 aromatic heterocycles. The average molecular weight is 344 g/mol. The van der Waals surface area contributed by atoms with Crippen molar-refractivity contribution in [1.29, 1.82) is 0 Å². The zero-order valence-corrected chi connectivity index (χ0v) is 15.6. The van der Waals surface area contributed by atoms with Gasteiger partial charge in [0.05, 0.1) is 5.52 Å². The molecule has 2 amide bonds. The molecule has 6 heteroatoms. The molecule has 0 fully saturated rings. The number of carbonyl (C=O) groups is 2. The van der Waals surface area contributed by atoms with Gasteiger partial charge in [0.2, 0.25) is 5.82 Å². The Morgan fingerprint density at radius 1 is 1.20 bits per heavy atom. The number of amides is 2. The van der Waals surface area contributed by atoms with Gasteiger partial charge in [-0.2, -0.15) is 0 Å². The van der Waals surface area contributed by atoms with E-state index in [9.17, 15) is 9.59 Å². The molecule has 0 aliphatic rings. The van der Waals surface area contributed by atoms with Gasteiger partial charge in [-0.3, -0.25) is 14.0 Å². The minimum atomic E-state index is -0.258. The van der Waals surface area contributed by atoms with Crippen molar-refractivity contribution in [1.82, 2.24) is 19.6 Å². The molecule has 0 bridgehead atoms. The number of hydrogen-bond donors (Lipinski definition) is 1. The van der Waals surface area contributed by atoms with Crippen LogP contribution in [0.2, 0.25) is 0 Å². The summed E-state index contributed by atoms with van der Waals surface area (Å²) in [6, 6.07) is 5.52. The molecule has 6 nitrogen and oxygen atoms in total. The molecule has 2 rings (SSSR count). The first-order valence-electron chi connectivity index (χ1n) is 9.04. The summed E-state index contributed by atoms with van der Waals surface area (Å²) < 4.78 is 1.69. The standard InChI is InChI=1S/C19H28N4O2/c1-5-10-22(11-6-2)19(25)16-15-9-7-8-12-23(15)17(21-16)18(24)20-13-14(3)4/h7-9,12,14H,5-6,10-11,13H2,1-4H3,(H,20,24). The summed E-state index contributed by atoms with van der Waals surface area (Å²) in [6.07, 6.45) is 3.55. The Hall–Kier alpha value is -2.37. The van der Waals surface area contributed by atoms with Crippen LogP contribution in [-0.4, -0.2) is 45.7 Å². The van der Waals surface area contributed by atoms with Crippen LogP contribution in [0.5, 0.6) is 0 Å². The minimum Gasteiger partial charge on any atom is -0.349 e. The SMILES string of the molecule is CCCN(CCC)C(=O)c1nc(C(=O)NCC(C)C)n2ccccc12. The van der Waals surface area contributed by atoms with E-state index in [1.165, 1.54) is 0 Å². The lowest BCUT2D eigenvalue weighted by molar-refractivity contribution is 0.0752. The van der Waals surface area contributed by atoms with Crippen molar-refractivity contribution in [3.8, 4) is 0 Å². The summed E-state index contributed by atoms with van der Waals surface area (Å²) in [6.45, 7) is 10.1. The highest BCUT2D eigenvalue weighted by molar-refractivity contribution is 6.02. The van der Waals surface area contributed by atoms with Gasteiger partial charge in [0, 0.05) is 25.8 Å². The molecule has 0 aromatic carbocycles. The second-order valence-electron chi connectivity index (χ2n) is 6.64. The number of aromatic nitrogens is 2. The predicted molar refractivity (Wildman–Crippen MR) is 98.8 cm³/mol. The van der Waals surface area contributed by atoms with E-state index < -0.39 is 0 Å². The van der Waals surface area contributed by atoms with Crippen LogP contribution < -0.4 is 5.32 Å². The molecule has 0 saturated heterocycles. The van der Waals surface area contributed by atoms with Crippen molar-refractivity contribution in [3.05, 3.63) is 35.9 Å². The Labute approximate surface area is 149 Å². The van der Waals surface area contributed by atoms with Gasteiger partial charge in [0.25, 0.3) is 11.8 Å². The molecule has 25 heavy (non-hydrogen) atoms. The van der Waals surface area contributed by atoms with Crippen molar-refractivity contribution in [2.45, 2.75) is 40.5 Å². The highest BCUT2D eigenvalue weighted by Gasteiger charge is 2.24. The molecule has 0 aliphatic carbocycles. The molecule has 0 atom stereocenters. The van der Waals surface area contributed by atoms with E-state index in [1.807, 2.05) is 50.8 Å². The van der Waals surface area contributed by atoms with Crippen LogP contribution >= 0.6 is 0 Å². The Bertz CT molecular complexity index is 730. The van der Waals surface area contributed by atoms with Crippen LogP contribution in [0.15, 0.2) is 24.4 Å². The lowest BCUT2D eigenvalue weighted by Crippen LogP contribution is -2.33. The number of carbonyl (C=O) groups excluding carboxylic acids is 2. The van der Waals surface area contributed by atoms with E-state index in [0.717, 1.165) is 12.8 Å². The number of imidazole rings is 1. The number of hydrogen-bond acceptors (Lipinski definition) is 3. The number of fused-ring (bicyclic) bond motifs is 1. The molecular formula is C19H28N4O2. The maximum Gasteiger partial charge on any atom is 0.287 e. The summed E-state index contributed by atoms with van der Waals surface area (Å²) in [5.41, 5.74) is 1.01. The molecule has 0 unspecified atom stereocenters. The highest BCUT2D eigenvalue weighted by atomic mass is 16.2. The first kappa shape index (κ1) is 19.0. The lowest BCUT2D eigenvalue weighted by atomic mass is 10.2. The maximum absolute atomic E-state index is 13.0. The lowest BCUT2D eigenvalue weighted by Gasteiger charge is -2.20. The van der Waals surface area contributed by atoms with E-state index in [0.29, 0.717) is 36.8 Å². The monoisotopic (exact) mass is 344 g/mol. The van der Waals surface area contributed by atoms with E-state index in [1.54, 1.807) is 10.6 Å². The Morgan fingerprint density at radius 3 is 2.48 bits per heavy atom. The minimum absolute atomic E-state index is 0.115. The predicted octanol–water partition coefficient (Wildman–Crippen LogP) is 2.98. The molecule has 2 aromatic rings. The molecule has 0 spiro atoms. The van der Waals surface area contributed by atoms with Crippen molar-refractivity contribution in [2.75, 3.05) is 19.6 Å². The van der Waals surface area contributed by atoms with Gasteiger partial charge < -0.3 is 10.2 Å². The molecule has 2 heterocycles. The van der Waals surface area contributed by atoms with E-state index >= 15 is 0 Å². The second-order valence-corrected chi connectivity index (χ2v) is 6.64. The van der Waals surface area contributed by atoms with Crippen LogP contribution in [-0.2, 0) is 0 Å². The quantitative estimate of drug-likeness (QED) is 0.800. The third-order valence-corrected chi connectivity index (χ3v) is 3.90. The summed E-state index contributed by atoms with van der Waals surface area (Å²) in [5, 5.41) is 2.88. The maximum atomic E-state index is 13.0. The Morgan fingerprint density at radius 2 is 1.88 bits per heavy atom. The van der Waals surface area contributed by atoms with Gasteiger partial charge in [-0.15, -0.1) is 0 Å². The molecule has 0 radical (unpaired) electrons. The van der Waals surface area contributed by atoms with Crippen molar-refractivity contribution >= 4 is 17.3 Å². The molecule has 136 valence electrons. The van der Waals surface area contributed by atoms with Crippen LogP contribution in [0.4, 0.5) is 0 Å². The van der Waals surface area contributed by atoms with E-state index in [4.69, 9.17) is 0 Å². The van der Waals surface area contributed by atoms with Crippen molar-refractivity contribution in [2.24, 2.45) is 5.92 Å². The first-order chi connectivity index (χ1) is 12.0. The fourth-order valence-electron chi connectivity index (χ4n) is 2.74. The summed E-state index contributed by atoms with van der Waals surface area (Å²) in [7, 11) is 0. The second kappa shape index (κ2) is 8.65. The van der Waals surface area contributed by atoms with Crippen LogP contribution in [0.25, 0.3) is 5.52 Å². The summed E-state index contributed by atoms with van der Waals surface area (Å²) >= 11 is 0. The van der Waals surface area contributed by atoms with Gasteiger partial charge in [0.15, 0.2) is 5.69 Å². The largest absolute Gasteiger partial charge is 0.349 e. The molecular weight excluding hydrogens is 316 g/mol. The average Bonchev–Trinajstić information content (AvgIpc) is 2.98. The number of rotatable bonds is 8. The first-order valence-corrected chi connectivity index (χ1v) is 9.04. The fourth-order valence-corrected chi connectivity index (χ4v) is 2.74. The molecule has 1 N–H and O–H groups in total. The third-order valence-electron chi connectivity index (χ3n) is 3.90. The van der Waals surface area contributed by atoms with Crippen molar-refractivity contribution in [3.63, 3.8) is 0 Å².